The van der Waals surface area contributed by atoms with Crippen LogP contribution in [-0.4, -0.2) is 31.1 Å². The van der Waals surface area contributed by atoms with Gasteiger partial charge in [-0.1, -0.05) is 12.1 Å². The molecule has 27 heavy (non-hydrogen) atoms. The van der Waals surface area contributed by atoms with Crippen LogP contribution in [0.4, 0.5) is 5.69 Å². The summed E-state index contributed by atoms with van der Waals surface area (Å²) < 4.78 is 10.4. The highest BCUT2D eigenvalue weighted by Crippen LogP contribution is 2.29. The SMILES string of the molecule is COc1ccc(/C=C(\NC(C)=O)C(=O)Nc2cc(C)ccc2O)cc1OC. The van der Waals surface area contributed by atoms with Crippen LogP contribution in [0.3, 0.4) is 0 Å². The van der Waals surface area contributed by atoms with Gasteiger partial charge in [-0.25, -0.2) is 0 Å². The minimum atomic E-state index is -0.569. The quantitative estimate of drug-likeness (QED) is 0.537. The van der Waals surface area contributed by atoms with Gasteiger partial charge in [0, 0.05) is 6.92 Å². The first-order valence-electron chi connectivity index (χ1n) is 8.16. The van der Waals surface area contributed by atoms with Crippen LogP contribution in [0.15, 0.2) is 42.1 Å². The van der Waals surface area contributed by atoms with Crippen molar-refractivity contribution in [3.05, 3.63) is 53.2 Å². The van der Waals surface area contributed by atoms with Crippen molar-refractivity contribution in [3.63, 3.8) is 0 Å². The van der Waals surface area contributed by atoms with Gasteiger partial charge in [-0.2, -0.15) is 0 Å². The summed E-state index contributed by atoms with van der Waals surface area (Å²) in [5.41, 5.74) is 1.77. The van der Waals surface area contributed by atoms with Crippen LogP contribution in [0.5, 0.6) is 17.2 Å². The highest BCUT2D eigenvalue weighted by molar-refractivity contribution is 6.09. The maximum Gasteiger partial charge on any atom is 0.272 e. The Labute approximate surface area is 157 Å². The third-order valence-corrected chi connectivity index (χ3v) is 3.67. The molecule has 142 valence electrons. The van der Waals surface area contributed by atoms with Gasteiger partial charge >= 0.3 is 0 Å². The van der Waals surface area contributed by atoms with Crippen LogP contribution in [0, 0.1) is 6.92 Å². The normalized spacial score (nSPS) is 10.9. The first kappa shape index (κ1) is 19.8. The van der Waals surface area contributed by atoms with E-state index in [0.29, 0.717) is 17.1 Å². The zero-order chi connectivity index (χ0) is 20.0. The minimum absolute atomic E-state index is 0.0237. The van der Waals surface area contributed by atoms with Crippen molar-refractivity contribution in [1.29, 1.82) is 0 Å². The maximum atomic E-state index is 12.6. The van der Waals surface area contributed by atoms with E-state index >= 15 is 0 Å². The number of rotatable bonds is 6. The first-order valence-corrected chi connectivity index (χ1v) is 8.16. The van der Waals surface area contributed by atoms with E-state index in [-0.39, 0.29) is 17.1 Å². The van der Waals surface area contributed by atoms with E-state index in [1.807, 2.05) is 6.92 Å². The number of nitrogens with one attached hydrogen (secondary N) is 2. The number of anilines is 1. The lowest BCUT2D eigenvalue weighted by Crippen LogP contribution is -2.29. The van der Waals surface area contributed by atoms with Gasteiger partial charge in [0.05, 0.1) is 19.9 Å². The Morgan fingerprint density at radius 2 is 1.74 bits per heavy atom. The number of carbonyl (C=O) groups is 2. The zero-order valence-corrected chi connectivity index (χ0v) is 15.6. The number of phenolic OH excluding ortho intramolecular Hbond substituents is 1. The van der Waals surface area contributed by atoms with Crippen LogP contribution in [-0.2, 0) is 9.59 Å². The molecule has 0 aliphatic heterocycles. The summed E-state index contributed by atoms with van der Waals surface area (Å²) in [6.07, 6.45) is 1.51. The second-order valence-electron chi connectivity index (χ2n) is 5.83. The van der Waals surface area contributed by atoms with Gasteiger partial charge in [-0.05, 0) is 48.4 Å². The van der Waals surface area contributed by atoms with Gasteiger partial charge in [0.25, 0.3) is 5.91 Å². The summed E-state index contributed by atoms with van der Waals surface area (Å²) >= 11 is 0. The molecule has 0 atom stereocenters. The fraction of sp³-hybridized carbons (Fsp3) is 0.200. The number of carbonyl (C=O) groups excluding carboxylic acids is 2. The highest BCUT2D eigenvalue weighted by Gasteiger charge is 2.14. The molecule has 0 aliphatic carbocycles. The molecule has 0 heterocycles. The van der Waals surface area contributed by atoms with Crippen LogP contribution < -0.4 is 20.1 Å². The fourth-order valence-electron chi connectivity index (χ4n) is 2.40. The molecule has 7 nitrogen and oxygen atoms in total. The molecule has 0 spiro atoms. The summed E-state index contributed by atoms with van der Waals surface area (Å²) in [4.78, 5) is 24.2. The van der Waals surface area contributed by atoms with E-state index in [1.54, 1.807) is 30.3 Å². The Hall–Kier alpha value is -3.48. The molecular formula is C20H22N2O5. The van der Waals surface area contributed by atoms with E-state index in [1.165, 1.54) is 33.3 Å². The predicted molar refractivity (Wildman–Crippen MR) is 103 cm³/mol. The van der Waals surface area contributed by atoms with Crippen LogP contribution in [0.25, 0.3) is 6.08 Å². The van der Waals surface area contributed by atoms with Crippen LogP contribution in [0.1, 0.15) is 18.1 Å². The lowest BCUT2D eigenvalue weighted by atomic mass is 10.1. The van der Waals surface area contributed by atoms with Gasteiger partial charge in [0.2, 0.25) is 5.91 Å². The number of phenols is 1. The van der Waals surface area contributed by atoms with Gasteiger partial charge in [-0.15, -0.1) is 0 Å². The van der Waals surface area contributed by atoms with E-state index < -0.39 is 11.8 Å². The summed E-state index contributed by atoms with van der Waals surface area (Å²) in [5.74, 6) is 0.00323. The van der Waals surface area contributed by atoms with E-state index in [2.05, 4.69) is 10.6 Å². The first-order chi connectivity index (χ1) is 12.8. The maximum absolute atomic E-state index is 12.6. The van der Waals surface area contributed by atoms with Crippen molar-refractivity contribution in [3.8, 4) is 17.2 Å². The summed E-state index contributed by atoms with van der Waals surface area (Å²) in [6.45, 7) is 3.14. The molecule has 2 rings (SSSR count). The second-order valence-corrected chi connectivity index (χ2v) is 5.83. The molecule has 0 bridgehead atoms. The van der Waals surface area contributed by atoms with E-state index in [4.69, 9.17) is 9.47 Å². The molecule has 2 amide bonds. The van der Waals surface area contributed by atoms with Gasteiger partial charge in [0.1, 0.15) is 11.4 Å². The monoisotopic (exact) mass is 370 g/mol. The lowest BCUT2D eigenvalue weighted by molar-refractivity contribution is -0.120. The number of benzene rings is 2. The highest BCUT2D eigenvalue weighted by atomic mass is 16.5. The molecule has 0 radical (unpaired) electrons. The number of aromatic hydroxyl groups is 1. The molecule has 0 saturated heterocycles. The Kier molecular flexibility index (Phi) is 6.43. The number of amides is 2. The molecule has 0 aliphatic rings. The van der Waals surface area contributed by atoms with Crippen LogP contribution >= 0.6 is 0 Å². The Balaban J connectivity index is 2.36. The van der Waals surface area contributed by atoms with E-state index in [9.17, 15) is 14.7 Å². The molecular weight excluding hydrogens is 348 g/mol. The average molecular weight is 370 g/mol. The van der Waals surface area contributed by atoms with Crippen molar-refractivity contribution in [2.24, 2.45) is 0 Å². The van der Waals surface area contributed by atoms with Gasteiger partial charge in [0.15, 0.2) is 11.5 Å². The van der Waals surface area contributed by atoms with Crippen molar-refractivity contribution >= 4 is 23.6 Å². The third kappa shape index (κ3) is 5.24. The third-order valence-electron chi connectivity index (χ3n) is 3.67. The summed E-state index contributed by atoms with van der Waals surface area (Å²) in [5, 5.41) is 15.0. The number of aryl methyl sites for hydroxylation is 1. The van der Waals surface area contributed by atoms with Crippen LogP contribution in [0.2, 0.25) is 0 Å². The van der Waals surface area contributed by atoms with Crippen molar-refractivity contribution < 1.29 is 24.2 Å². The van der Waals surface area contributed by atoms with Crippen molar-refractivity contribution in [1.82, 2.24) is 5.32 Å². The number of ether oxygens (including phenoxy) is 2. The Morgan fingerprint density at radius 3 is 2.37 bits per heavy atom. The molecule has 0 unspecified atom stereocenters. The average Bonchev–Trinajstić information content (AvgIpc) is 2.63. The Morgan fingerprint density at radius 1 is 1.04 bits per heavy atom. The fourth-order valence-corrected chi connectivity index (χ4v) is 2.40. The molecule has 7 heteroatoms. The van der Waals surface area contributed by atoms with Crippen molar-refractivity contribution in [2.75, 3.05) is 19.5 Å². The smallest absolute Gasteiger partial charge is 0.272 e. The van der Waals surface area contributed by atoms with Gasteiger partial charge < -0.3 is 25.2 Å². The van der Waals surface area contributed by atoms with Crippen molar-refractivity contribution in [2.45, 2.75) is 13.8 Å². The number of hydrogen-bond acceptors (Lipinski definition) is 5. The standard InChI is InChI=1S/C20H22N2O5/c1-12-5-7-17(24)15(9-12)22-20(25)16(21-13(2)23)10-14-6-8-18(26-3)19(11-14)27-4/h5-11,24H,1-4H3,(H,21,23)(H,22,25)/b16-10-. The largest absolute Gasteiger partial charge is 0.506 e. The molecule has 3 N–H and O–H groups in total. The minimum Gasteiger partial charge on any atom is -0.506 e. The number of methoxy groups -OCH3 is 2. The molecule has 0 saturated carbocycles. The van der Waals surface area contributed by atoms with E-state index in [0.717, 1.165) is 5.56 Å². The Bertz CT molecular complexity index is 890. The topological polar surface area (TPSA) is 96.9 Å². The molecule has 2 aromatic rings. The summed E-state index contributed by atoms with van der Waals surface area (Å²) in [7, 11) is 3.03. The molecule has 0 fully saturated rings. The molecule has 2 aromatic carbocycles. The van der Waals surface area contributed by atoms with Gasteiger partial charge in [-0.3, -0.25) is 9.59 Å². The summed E-state index contributed by atoms with van der Waals surface area (Å²) in [6, 6.07) is 9.94. The molecule has 0 aromatic heterocycles. The number of hydrogen-bond donors (Lipinski definition) is 3. The second kappa shape index (κ2) is 8.75. The predicted octanol–water partition coefficient (Wildman–Crippen LogP) is 2.83. The zero-order valence-electron chi connectivity index (χ0n) is 15.6. The lowest BCUT2D eigenvalue weighted by Gasteiger charge is -2.12.